The van der Waals surface area contributed by atoms with E-state index in [1.165, 1.54) is 12.8 Å². The summed E-state index contributed by atoms with van der Waals surface area (Å²) in [7, 11) is 1.66. The second kappa shape index (κ2) is 7.85. The van der Waals surface area contributed by atoms with Gasteiger partial charge in [-0.15, -0.1) is 0 Å². The van der Waals surface area contributed by atoms with Gasteiger partial charge < -0.3 is 14.8 Å². The first-order valence-corrected chi connectivity index (χ1v) is 6.79. The number of benzene rings is 1. The molecule has 0 amide bonds. The second-order valence-electron chi connectivity index (χ2n) is 4.36. The smallest absolute Gasteiger partial charge is 0.163 e. The molecule has 0 heterocycles. The van der Waals surface area contributed by atoms with Gasteiger partial charge in [0.25, 0.3) is 0 Å². The third-order valence-corrected chi connectivity index (χ3v) is 3.21. The molecule has 1 aromatic carbocycles. The molecule has 0 aromatic heterocycles. The van der Waals surface area contributed by atoms with Crippen LogP contribution in [0.4, 0.5) is 5.69 Å². The quantitative estimate of drug-likeness (QED) is 0.759. The molecule has 0 aliphatic heterocycles. The molecule has 0 unspecified atom stereocenters. The minimum atomic E-state index is 0.645. The van der Waals surface area contributed by atoms with E-state index in [2.05, 4.69) is 19.2 Å². The Labute approximate surface area is 110 Å². The van der Waals surface area contributed by atoms with Crippen LogP contribution in [0.15, 0.2) is 18.2 Å². The zero-order valence-corrected chi connectivity index (χ0v) is 12.0. The van der Waals surface area contributed by atoms with Crippen LogP contribution in [0.3, 0.4) is 0 Å². The summed E-state index contributed by atoms with van der Waals surface area (Å²) in [6.07, 6.45) is 2.41. The number of nitrogens with one attached hydrogen (secondary N) is 1. The number of ether oxygens (including phenoxy) is 2. The minimum Gasteiger partial charge on any atom is -0.493 e. The number of anilines is 1. The van der Waals surface area contributed by atoms with Crippen LogP contribution in [0.5, 0.6) is 11.5 Å². The van der Waals surface area contributed by atoms with Crippen LogP contribution in [0.1, 0.15) is 33.6 Å². The van der Waals surface area contributed by atoms with E-state index in [9.17, 15) is 0 Å². The summed E-state index contributed by atoms with van der Waals surface area (Å²) in [5.74, 6) is 2.31. The molecule has 0 atom stereocenters. The molecule has 0 bridgehead atoms. The van der Waals surface area contributed by atoms with Crippen molar-refractivity contribution in [3.63, 3.8) is 0 Å². The Bertz CT molecular complexity index is 348. The van der Waals surface area contributed by atoms with E-state index >= 15 is 0 Å². The molecule has 0 spiro atoms. The molecule has 0 fully saturated rings. The van der Waals surface area contributed by atoms with Gasteiger partial charge in [-0.05, 0) is 25.0 Å². The molecule has 1 N–H and O–H groups in total. The summed E-state index contributed by atoms with van der Waals surface area (Å²) in [5.41, 5.74) is 1.09. The predicted octanol–water partition coefficient (Wildman–Crippen LogP) is 3.94. The van der Waals surface area contributed by atoms with Crippen LogP contribution in [-0.2, 0) is 0 Å². The summed E-state index contributed by atoms with van der Waals surface area (Å²) in [6, 6.07) is 5.98. The topological polar surface area (TPSA) is 30.5 Å². The molecule has 0 saturated carbocycles. The number of methoxy groups -OCH3 is 1. The SMILES string of the molecule is CCOc1cc(NCC(CC)CC)ccc1OC. The van der Waals surface area contributed by atoms with Gasteiger partial charge in [0.1, 0.15) is 0 Å². The Morgan fingerprint density at radius 2 is 1.83 bits per heavy atom. The van der Waals surface area contributed by atoms with Crippen molar-refractivity contribution in [1.29, 1.82) is 0 Å². The van der Waals surface area contributed by atoms with Gasteiger partial charge in [0.15, 0.2) is 11.5 Å². The third-order valence-electron chi connectivity index (χ3n) is 3.21. The van der Waals surface area contributed by atoms with Gasteiger partial charge in [-0.1, -0.05) is 26.7 Å². The highest BCUT2D eigenvalue weighted by Crippen LogP contribution is 2.30. The number of rotatable bonds is 8. The molecule has 18 heavy (non-hydrogen) atoms. The fourth-order valence-corrected chi connectivity index (χ4v) is 1.89. The Hall–Kier alpha value is -1.38. The first kappa shape index (κ1) is 14.7. The molecule has 3 heteroatoms. The molecule has 102 valence electrons. The van der Waals surface area contributed by atoms with Crippen LogP contribution in [0, 0.1) is 5.92 Å². The van der Waals surface area contributed by atoms with Crippen LogP contribution in [0.2, 0.25) is 0 Å². The minimum absolute atomic E-state index is 0.645. The van der Waals surface area contributed by atoms with Crippen LogP contribution in [0.25, 0.3) is 0 Å². The highest BCUT2D eigenvalue weighted by Gasteiger charge is 2.07. The van der Waals surface area contributed by atoms with Gasteiger partial charge in [-0.2, -0.15) is 0 Å². The first-order chi connectivity index (χ1) is 8.74. The van der Waals surface area contributed by atoms with Crippen molar-refractivity contribution in [3.05, 3.63) is 18.2 Å². The summed E-state index contributed by atoms with van der Waals surface area (Å²) >= 11 is 0. The highest BCUT2D eigenvalue weighted by atomic mass is 16.5. The van der Waals surface area contributed by atoms with Crippen molar-refractivity contribution in [1.82, 2.24) is 0 Å². The lowest BCUT2D eigenvalue weighted by atomic mass is 10.0. The first-order valence-electron chi connectivity index (χ1n) is 6.79. The molecule has 0 saturated heterocycles. The van der Waals surface area contributed by atoms with E-state index in [0.29, 0.717) is 6.61 Å². The highest BCUT2D eigenvalue weighted by molar-refractivity contribution is 5.54. The Kier molecular flexibility index (Phi) is 6.40. The molecule has 1 aromatic rings. The van der Waals surface area contributed by atoms with Crippen LogP contribution < -0.4 is 14.8 Å². The Morgan fingerprint density at radius 1 is 1.11 bits per heavy atom. The maximum Gasteiger partial charge on any atom is 0.163 e. The monoisotopic (exact) mass is 251 g/mol. The largest absolute Gasteiger partial charge is 0.493 e. The van der Waals surface area contributed by atoms with E-state index in [1.807, 2.05) is 25.1 Å². The standard InChI is InChI=1S/C15H25NO2/c1-5-12(6-2)11-16-13-8-9-14(17-4)15(10-13)18-7-3/h8-10,12,16H,5-7,11H2,1-4H3. The number of hydrogen-bond donors (Lipinski definition) is 1. The van der Waals surface area contributed by atoms with E-state index in [1.54, 1.807) is 7.11 Å². The zero-order chi connectivity index (χ0) is 13.4. The van der Waals surface area contributed by atoms with Crippen LogP contribution in [-0.4, -0.2) is 20.3 Å². The van der Waals surface area contributed by atoms with Crippen molar-refractivity contribution in [2.45, 2.75) is 33.6 Å². The molecular weight excluding hydrogens is 226 g/mol. The van der Waals surface area contributed by atoms with Crippen LogP contribution >= 0.6 is 0 Å². The molecule has 0 radical (unpaired) electrons. The summed E-state index contributed by atoms with van der Waals surface area (Å²) in [4.78, 5) is 0. The molecular formula is C15H25NO2. The van der Waals surface area contributed by atoms with E-state index < -0.39 is 0 Å². The lowest BCUT2D eigenvalue weighted by Crippen LogP contribution is -2.12. The van der Waals surface area contributed by atoms with Gasteiger partial charge in [-0.25, -0.2) is 0 Å². The molecule has 0 aliphatic carbocycles. The second-order valence-corrected chi connectivity index (χ2v) is 4.36. The van der Waals surface area contributed by atoms with E-state index in [-0.39, 0.29) is 0 Å². The van der Waals surface area contributed by atoms with E-state index in [0.717, 1.165) is 29.6 Å². The number of hydrogen-bond acceptors (Lipinski definition) is 3. The average Bonchev–Trinajstić information content (AvgIpc) is 2.40. The van der Waals surface area contributed by atoms with Gasteiger partial charge in [0.2, 0.25) is 0 Å². The van der Waals surface area contributed by atoms with Crippen molar-refractivity contribution < 1.29 is 9.47 Å². The fourth-order valence-electron chi connectivity index (χ4n) is 1.89. The van der Waals surface area contributed by atoms with E-state index in [4.69, 9.17) is 9.47 Å². The average molecular weight is 251 g/mol. The Morgan fingerprint density at radius 3 is 2.39 bits per heavy atom. The zero-order valence-electron chi connectivity index (χ0n) is 12.0. The van der Waals surface area contributed by atoms with Crippen molar-refractivity contribution in [2.75, 3.05) is 25.6 Å². The molecule has 3 nitrogen and oxygen atoms in total. The molecule has 1 rings (SSSR count). The van der Waals surface area contributed by atoms with Gasteiger partial charge in [-0.3, -0.25) is 0 Å². The maximum atomic E-state index is 5.56. The molecule has 0 aliphatic rings. The summed E-state index contributed by atoms with van der Waals surface area (Å²) < 4.78 is 10.8. The van der Waals surface area contributed by atoms with Gasteiger partial charge in [0, 0.05) is 18.3 Å². The lowest BCUT2D eigenvalue weighted by molar-refractivity contribution is 0.311. The maximum absolute atomic E-state index is 5.56. The summed E-state index contributed by atoms with van der Waals surface area (Å²) in [6.45, 7) is 8.09. The Balaban J connectivity index is 2.69. The van der Waals surface area contributed by atoms with Crippen molar-refractivity contribution in [2.24, 2.45) is 5.92 Å². The summed E-state index contributed by atoms with van der Waals surface area (Å²) in [5, 5.41) is 3.46. The van der Waals surface area contributed by atoms with Crippen molar-refractivity contribution in [3.8, 4) is 11.5 Å². The lowest BCUT2D eigenvalue weighted by Gasteiger charge is -2.16. The fraction of sp³-hybridized carbons (Fsp3) is 0.600. The van der Waals surface area contributed by atoms with Gasteiger partial charge >= 0.3 is 0 Å². The van der Waals surface area contributed by atoms with Gasteiger partial charge in [0.05, 0.1) is 13.7 Å². The third kappa shape index (κ3) is 4.13. The van der Waals surface area contributed by atoms with Crippen molar-refractivity contribution >= 4 is 5.69 Å². The normalized spacial score (nSPS) is 10.5. The predicted molar refractivity (Wildman–Crippen MR) is 76.7 cm³/mol.